The summed E-state index contributed by atoms with van der Waals surface area (Å²) in [5.41, 5.74) is 2.71. The monoisotopic (exact) mass is 758 g/mol. The van der Waals surface area contributed by atoms with Crippen molar-refractivity contribution >= 4 is 63.5 Å². The van der Waals surface area contributed by atoms with Crippen molar-refractivity contribution in [2.24, 2.45) is 4.99 Å². The van der Waals surface area contributed by atoms with Gasteiger partial charge in [-0.05, 0) is 103 Å². The number of halogens is 2. The molecule has 0 aliphatic carbocycles. The molecular weight excluding hydrogens is 731 g/mol. The van der Waals surface area contributed by atoms with Crippen molar-refractivity contribution in [1.29, 1.82) is 0 Å². The molecule has 0 radical (unpaired) electrons. The van der Waals surface area contributed by atoms with E-state index in [1.807, 2.05) is 6.07 Å². The van der Waals surface area contributed by atoms with Gasteiger partial charge in [-0.2, -0.15) is 0 Å². The molecule has 0 fully saturated rings. The number of carboxylic acid groups (broad SMARTS) is 1. The van der Waals surface area contributed by atoms with Crippen LogP contribution in [0.3, 0.4) is 0 Å². The highest BCUT2D eigenvalue weighted by Crippen LogP contribution is 2.35. The molecule has 1 aliphatic heterocycles. The fourth-order valence-corrected chi connectivity index (χ4v) is 6.84. The number of benzene rings is 3. The third kappa shape index (κ3) is 7.00. The number of fused-ring (bicyclic) bond motifs is 1. The first-order valence-corrected chi connectivity index (χ1v) is 16.1. The Morgan fingerprint density at radius 2 is 1.89 bits per heavy atom. The molecule has 5 rings (SSSR count). The van der Waals surface area contributed by atoms with Crippen molar-refractivity contribution in [2.45, 2.75) is 39.5 Å². The van der Waals surface area contributed by atoms with Crippen LogP contribution in [0.4, 0.5) is 0 Å². The van der Waals surface area contributed by atoms with Gasteiger partial charge in [-0.25, -0.2) is 14.6 Å². The molecule has 0 spiro atoms. The molecule has 9 nitrogen and oxygen atoms in total. The number of carboxylic acids is 1. The summed E-state index contributed by atoms with van der Waals surface area (Å²) in [6, 6.07) is 16.4. The summed E-state index contributed by atoms with van der Waals surface area (Å²) in [5.74, 6) is -0.613. The van der Waals surface area contributed by atoms with Crippen molar-refractivity contribution in [3.8, 4) is 11.5 Å². The van der Waals surface area contributed by atoms with Gasteiger partial charge >= 0.3 is 11.9 Å². The van der Waals surface area contributed by atoms with Gasteiger partial charge in [-0.15, -0.1) is 0 Å². The smallest absolute Gasteiger partial charge is 0.338 e. The lowest BCUT2D eigenvalue weighted by Gasteiger charge is -2.25. The molecule has 0 unspecified atom stereocenters. The molecule has 1 N–H and O–H groups in total. The largest absolute Gasteiger partial charge is 0.493 e. The Kier molecular flexibility index (Phi) is 9.80. The summed E-state index contributed by atoms with van der Waals surface area (Å²) in [6.07, 6.45) is 1.39. The number of allylic oxidation sites excluding steroid dienone is 1. The zero-order valence-corrected chi connectivity index (χ0v) is 28.4. The van der Waals surface area contributed by atoms with E-state index in [0.717, 1.165) is 3.57 Å². The van der Waals surface area contributed by atoms with Crippen molar-refractivity contribution < 1.29 is 28.9 Å². The Bertz CT molecular complexity index is 2020. The standard InChI is InChI=1S/C33H28ClIN2O7S/c1-17(2)44-32(41)27-18(3)36-33-37(28(27)21-8-10-23(34)11-9-21)30(38)26(45-33)15-20-13-24(35)29(25(14-20)42-4)43-16-19-6-5-7-22(12-19)31(39)40/h5-15,17,28H,16H2,1-4H3,(H,39,40)/b26-15-/t28-/m0/s1. The van der Waals surface area contributed by atoms with E-state index in [0.29, 0.717) is 48.2 Å². The Hall–Kier alpha value is -3.94. The van der Waals surface area contributed by atoms with Crippen LogP contribution in [0.2, 0.25) is 5.02 Å². The minimum atomic E-state index is -1.01. The van der Waals surface area contributed by atoms with Crippen molar-refractivity contribution in [1.82, 2.24) is 4.57 Å². The molecule has 4 aromatic rings. The van der Waals surface area contributed by atoms with Crippen LogP contribution in [0, 0.1) is 3.57 Å². The Morgan fingerprint density at radius 3 is 2.56 bits per heavy atom. The van der Waals surface area contributed by atoms with Gasteiger partial charge in [-0.1, -0.05) is 47.2 Å². The lowest BCUT2D eigenvalue weighted by molar-refractivity contribution is -0.143. The third-order valence-electron chi connectivity index (χ3n) is 6.88. The number of esters is 1. The fraction of sp³-hybridized carbons (Fsp3) is 0.212. The zero-order valence-electron chi connectivity index (χ0n) is 24.7. The fourth-order valence-electron chi connectivity index (χ4n) is 4.88. The Balaban J connectivity index is 1.55. The van der Waals surface area contributed by atoms with Crippen molar-refractivity contribution in [3.05, 3.63) is 122 Å². The summed E-state index contributed by atoms with van der Waals surface area (Å²) < 4.78 is 19.9. The number of thiazole rings is 1. The van der Waals surface area contributed by atoms with Crippen LogP contribution in [0.15, 0.2) is 81.7 Å². The molecule has 12 heteroatoms. The molecule has 1 atom stereocenters. The van der Waals surface area contributed by atoms with Gasteiger partial charge in [0.1, 0.15) is 6.61 Å². The molecule has 0 amide bonds. The highest BCUT2D eigenvalue weighted by molar-refractivity contribution is 14.1. The van der Waals surface area contributed by atoms with Crippen LogP contribution in [-0.4, -0.2) is 34.8 Å². The number of methoxy groups -OCH3 is 1. The second-order valence-electron chi connectivity index (χ2n) is 10.4. The number of rotatable bonds is 9. The molecule has 1 aliphatic rings. The molecule has 45 heavy (non-hydrogen) atoms. The number of carbonyl (C=O) groups excluding carboxylic acids is 1. The average molecular weight is 759 g/mol. The van der Waals surface area contributed by atoms with Gasteiger partial charge in [0.2, 0.25) is 0 Å². The quantitative estimate of drug-likeness (QED) is 0.171. The second kappa shape index (κ2) is 13.6. The summed E-state index contributed by atoms with van der Waals surface area (Å²) in [5, 5.41) is 9.82. The second-order valence-corrected chi connectivity index (χ2v) is 13.0. The SMILES string of the molecule is COc1cc(/C=c2\sc3n(c2=O)[C@@H](c2ccc(Cl)cc2)C(C(=O)OC(C)C)=C(C)N=3)cc(I)c1OCc1cccc(C(=O)O)c1. The lowest BCUT2D eigenvalue weighted by atomic mass is 9.96. The van der Waals surface area contributed by atoms with E-state index < -0.39 is 18.0 Å². The van der Waals surface area contributed by atoms with Crippen LogP contribution in [-0.2, 0) is 16.1 Å². The first-order valence-electron chi connectivity index (χ1n) is 13.8. The van der Waals surface area contributed by atoms with Crippen LogP contribution in [0.1, 0.15) is 53.9 Å². The number of nitrogens with zero attached hydrogens (tertiary/aromatic N) is 2. The number of aromatic nitrogens is 1. The van der Waals surface area contributed by atoms with Crippen LogP contribution in [0.5, 0.6) is 11.5 Å². The van der Waals surface area contributed by atoms with Gasteiger partial charge in [0, 0.05) is 5.02 Å². The van der Waals surface area contributed by atoms with E-state index in [1.165, 1.54) is 29.1 Å². The number of hydrogen-bond acceptors (Lipinski definition) is 8. The molecule has 0 saturated heterocycles. The molecule has 3 aromatic carbocycles. The van der Waals surface area contributed by atoms with Crippen molar-refractivity contribution in [2.75, 3.05) is 7.11 Å². The maximum absolute atomic E-state index is 14.0. The van der Waals surface area contributed by atoms with Gasteiger partial charge in [0.05, 0.1) is 44.2 Å². The molecular formula is C33H28ClIN2O7S. The first-order chi connectivity index (χ1) is 21.5. The topological polar surface area (TPSA) is 116 Å². The summed E-state index contributed by atoms with van der Waals surface area (Å²) >= 11 is 9.51. The molecule has 0 saturated carbocycles. The molecule has 2 heterocycles. The van der Waals surface area contributed by atoms with Gasteiger partial charge in [0.25, 0.3) is 5.56 Å². The summed E-state index contributed by atoms with van der Waals surface area (Å²) in [6.45, 7) is 5.41. The highest BCUT2D eigenvalue weighted by Gasteiger charge is 2.33. The zero-order chi connectivity index (χ0) is 32.4. The minimum Gasteiger partial charge on any atom is -0.493 e. The molecule has 1 aromatic heterocycles. The summed E-state index contributed by atoms with van der Waals surface area (Å²) in [4.78, 5) is 43.7. The Morgan fingerprint density at radius 1 is 1.16 bits per heavy atom. The van der Waals surface area contributed by atoms with Crippen LogP contribution < -0.4 is 24.4 Å². The van der Waals surface area contributed by atoms with E-state index in [4.69, 9.17) is 25.8 Å². The summed E-state index contributed by atoms with van der Waals surface area (Å²) in [7, 11) is 1.52. The third-order valence-corrected chi connectivity index (χ3v) is 8.91. The van der Waals surface area contributed by atoms with E-state index in [2.05, 4.69) is 27.6 Å². The number of aromatic carboxylic acids is 1. The number of ether oxygens (including phenoxy) is 3. The number of carbonyl (C=O) groups is 2. The highest BCUT2D eigenvalue weighted by atomic mass is 127. The van der Waals surface area contributed by atoms with Crippen molar-refractivity contribution in [3.63, 3.8) is 0 Å². The van der Waals surface area contributed by atoms with Gasteiger partial charge < -0.3 is 19.3 Å². The first kappa shape index (κ1) is 32.5. The van der Waals surface area contributed by atoms with Crippen LogP contribution in [0.25, 0.3) is 6.08 Å². The average Bonchev–Trinajstić information content (AvgIpc) is 3.29. The van der Waals surface area contributed by atoms with E-state index in [1.54, 1.807) is 75.4 Å². The Labute approximate surface area is 281 Å². The van der Waals surface area contributed by atoms with E-state index >= 15 is 0 Å². The number of hydrogen-bond donors (Lipinski definition) is 1. The normalized spacial score (nSPS) is 14.6. The minimum absolute atomic E-state index is 0.136. The van der Waals surface area contributed by atoms with E-state index in [-0.39, 0.29) is 29.4 Å². The van der Waals surface area contributed by atoms with Gasteiger partial charge in [-0.3, -0.25) is 9.36 Å². The molecule has 0 bridgehead atoms. The predicted molar refractivity (Wildman–Crippen MR) is 180 cm³/mol. The molecule has 232 valence electrons. The van der Waals surface area contributed by atoms with Gasteiger partial charge in [0.15, 0.2) is 16.3 Å². The van der Waals surface area contributed by atoms with E-state index in [9.17, 15) is 19.5 Å². The lowest BCUT2D eigenvalue weighted by Crippen LogP contribution is -2.40. The van der Waals surface area contributed by atoms with Crippen LogP contribution >= 0.6 is 45.5 Å². The predicted octanol–water partition coefficient (Wildman–Crippen LogP) is 5.73. The maximum atomic E-state index is 14.0. The maximum Gasteiger partial charge on any atom is 0.338 e.